The third-order valence-electron chi connectivity index (χ3n) is 4.15. The number of aromatic nitrogens is 4. The van der Waals surface area contributed by atoms with Gasteiger partial charge in [0.25, 0.3) is 0 Å². The molecule has 0 aliphatic carbocycles. The quantitative estimate of drug-likeness (QED) is 0.593. The second-order valence-corrected chi connectivity index (χ2v) is 5.80. The van der Waals surface area contributed by atoms with Crippen LogP contribution in [0.4, 0.5) is 10.2 Å². The minimum atomic E-state index is -0.298. The molecule has 0 bridgehead atoms. The lowest BCUT2D eigenvalue weighted by atomic mass is 10.0. The Morgan fingerprint density at radius 1 is 0.926 bits per heavy atom. The molecule has 0 aliphatic rings. The summed E-state index contributed by atoms with van der Waals surface area (Å²) >= 11 is 0. The van der Waals surface area contributed by atoms with Crippen LogP contribution in [-0.2, 0) is 0 Å². The van der Waals surface area contributed by atoms with Crippen LogP contribution in [0.15, 0.2) is 54.9 Å². The zero-order chi connectivity index (χ0) is 18.8. The number of halogens is 1. The first-order valence-corrected chi connectivity index (χ1v) is 8.30. The maximum Gasteiger partial charge on any atom is 0.200 e. The zero-order valence-electron chi connectivity index (χ0n) is 14.8. The largest absolute Gasteiger partial charge is 0.494 e. The molecule has 0 spiro atoms. The normalized spacial score (nSPS) is 10.8. The molecule has 2 aromatic carbocycles. The van der Waals surface area contributed by atoms with Crippen LogP contribution < -0.4 is 10.1 Å². The Morgan fingerprint density at radius 3 is 2.44 bits per heavy atom. The van der Waals surface area contributed by atoms with Crippen molar-refractivity contribution in [2.75, 3.05) is 19.5 Å². The molecule has 0 radical (unpaired) electrons. The summed E-state index contributed by atoms with van der Waals surface area (Å²) < 4.78 is 19.2. The molecular weight excluding hydrogens is 345 g/mol. The van der Waals surface area contributed by atoms with E-state index < -0.39 is 0 Å². The van der Waals surface area contributed by atoms with Gasteiger partial charge in [-0.2, -0.15) is 0 Å². The van der Waals surface area contributed by atoms with Gasteiger partial charge in [0, 0.05) is 24.8 Å². The highest BCUT2D eigenvalue weighted by Gasteiger charge is 2.16. The number of fused-ring (bicyclic) bond motifs is 1. The second-order valence-electron chi connectivity index (χ2n) is 5.80. The van der Waals surface area contributed by atoms with Crippen molar-refractivity contribution >= 4 is 16.7 Å². The predicted octanol–water partition coefficient (Wildman–Crippen LogP) is 3.94. The van der Waals surface area contributed by atoms with Crippen LogP contribution in [-0.4, -0.2) is 34.1 Å². The summed E-state index contributed by atoms with van der Waals surface area (Å²) in [6, 6.07) is 11.9. The Labute approximate surface area is 155 Å². The SMILES string of the molecule is CNc1nc(-c2ncccn2)nc2c(OC)cc(-c3cccc(F)c3)cc12. The van der Waals surface area contributed by atoms with Gasteiger partial charge in [-0.15, -0.1) is 0 Å². The van der Waals surface area contributed by atoms with Crippen LogP contribution in [0.25, 0.3) is 33.7 Å². The minimum Gasteiger partial charge on any atom is -0.494 e. The van der Waals surface area contributed by atoms with E-state index in [9.17, 15) is 4.39 Å². The standard InChI is InChI=1S/C20H16FN5O/c1-22-18-15-10-13(12-5-3-6-14(21)9-12)11-16(27-2)17(15)25-20(26-18)19-23-7-4-8-24-19/h3-11H,1-2H3,(H,22,25,26). The Hall–Kier alpha value is -3.61. The number of methoxy groups -OCH3 is 1. The Balaban J connectivity index is 1.98. The molecule has 134 valence electrons. The highest BCUT2D eigenvalue weighted by Crippen LogP contribution is 2.35. The number of hydrogen-bond acceptors (Lipinski definition) is 6. The molecule has 4 rings (SSSR count). The van der Waals surface area contributed by atoms with E-state index in [1.54, 1.807) is 38.7 Å². The minimum absolute atomic E-state index is 0.298. The van der Waals surface area contributed by atoms with Gasteiger partial charge in [-0.3, -0.25) is 0 Å². The Bertz CT molecular complexity index is 1120. The number of nitrogens with one attached hydrogen (secondary N) is 1. The third-order valence-corrected chi connectivity index (χ3v) is 4.15. The highest BCUT2D eigenvalue weighted by molar-refractivity contribution is 5.97. The topological polar surface area (TPSA) is 72.8 Å². The predicted molar refractivity (Wildman–Crippen MR) is 102 cm³/mol. The number of rotatable bonds is 4. The molecule has 0 amide bonds. The maximum absolute atomic E-state index is 13.7. The van der Waals surface area contributed by atoms with E-state index in [2.05, 4.69) is 25.3 Å². The number of anilines is 1. The monoisotopic (exact) mass is 361 g/mol. The van der Waals surface area contributed by atoms with Crippen molar-refractivity contribution in [3.05, 3.63) is 60.7 Å². The summed E-state index contributed by atoms with van der Waals surface area (Å²) in [6.07, 6.45) is 3.28. The lowest BCUT2D eigenvalue weighted by Crippen LogP contribution is -2.02. The first-order valence-electron chi connectivity index (χ1n) is 8.30. The molecule has 0 saturated heterocycles. The number of hydrogen-bond donors (Lipinski definition) is 1. The van der Waals surface area contributed by atoms with Gasteiger partial charge in [0.05, 0.1) is 7.11 Å². The second kappa shape index (κ2) is 6.95. The van der Waals surface area contributed by atoms with Gasteiger partial charge < -0.3 is 10.1 Å². The molecule has 0 saturated carbocycles. The fraction of sp³-hybridized carbons (Fsp3) is 0.100. The van der Waals surface area contributed by atoms with Crippen LogP contribution in [0.2, 0.25) is 0 Å². The van der Waals surface area contributed by atoms with Crippen LogP contribution in [0, 0.1) is 5.82 Å². The van der Waals surface area contributed by atoms with Gasteiger partial charge in [0.2, 0.25) is 0 Å². The van der Waals surface area contributed by atoms with E-state index in [4.69, 9.17) is 4.74 Å². The summed E-state index contributed by atoms with van der Waals surface area (Å²) in [4.78, 5) is 17.6. The summed E-state index contributed by atoms with van der Waals surface area (Å²) in [5, 5.41) is 3.85. The molecule has 7 heteroatoms. The molecule has 2 heterocycles. The molecule has 0 atom stereocenters. The fourth-order valence-electron chi connectivity index (χ4n) is 2.90. The molecular formula is C20H16FN5O. The molecule has 27 heavy (non-hydrogen) atoms. The fourth-order valence-corrected chi connectivity index (χ4v) is 2.90. The van der Waals surface area contributed by atoms with E-state index in [1.807, 2.05) is 18.2 Å². The van der Waals surface area contributed by atoms with Crippen molar-refractivity contribution in [2.45, 2.75) is 0 Å². The number of benzene rings is 2. The van der Waals surface area contributed by atoms with Gasteiger partial charge in [-0.1, -0.05) is 12.1 Å². The maximum atomic E-state index is 13.7. The van der Waals surface area contributed by atoms with Gasteiger partial charge in [0.1, 0.15) is 22.9 Å². The summed E-state index contributed by atoms with van der Waals surface area (Å²) in [5.74, 6) is 1.69. The summed E-state index contributed by atoms with van der Waals surface area (Å²) in [7, 11) is 3.35. The Morgan fingerprint density at radius 2 is 1.74 bits per heavy atom. The molecule has 2 aromatic heterocycles. The van der Waals surface area contributed by atoms with E-state index >= 15 is 0 Å². The lowest BCUT2D eigenvalue weighted by Gasteiger charge is -2.13. The van der Waals surface area contributed by atoms with Crippen LogP contribution in [0.3, 0.4) is 0 Å². The van der Waals surface area contributed by atoms with E-state index in [0.29, 0.717) is 28.7 Å². The molecule has 0 fully saturated rings. The van der Waals surface area contributed by atoms with Crippen molar-refractivity contribution in [2.24, 2.45) is 0 Å². The Kier molecular flexibility index (Phi) is 4.33. The van der Waals surface area contributed by atoms with Crippen LogP contribution in [0.5, 0.6) is 5.75 Å². The number of nitrogens with zero attached hydrogens (tertiary/aromatic N) is 4. The molecule has 0 unspecified atom stereocenters. The van der Waals surface area contributed by atoms with Crippen molar-refractivity contribution in [1.82, 2.24) is 19.9 Å². The van der Waals surface area contributed by atoms with E-state index in [1.165, 1.54) is 12.1 Å². The third kappa shape index (κ3) is 3.15. The van der Waals surface area contributed by atoms with Gasteiger partial charge in [-0.25, -0.2) is 24.3 Å². The summed E-state index contributed by atoms with van der Waals surface area (Å²) in [6.45, 7) is 0. The first kappa shape index (κ1) is 16.8. The van der Waals surface area contributed by atoms with E-state index in [0.717, 1.165) is 16.5 Å². The van der Waals surface area contributed by atoms with Crippen molar-refractivity contribution in [3.63, 3.8) is 0 Å². The van der Waals surface area contributed by atoms with Crippen molar-refractivity contribution in [1.29, 1.82) is 0 Å². The molecule has 0 aliphatic heterocycles. The van der Waals surface area contributed by atoms with Gasteiger partial charge in [0.15, 0.2) is 11.6 Å². The van der Waals surface area contributed by atoms with Crippen LogP contribution >= 0.6 is 0 Å². The average molecular weight is 361 g/mol. The van der Waals surface area contributed by atoms with Gasteiger partial charge >= 0.3 is 0 Å². The summed E-state index contributed by atoms with van der Waals surface area (Å²) in [5.41, 5.74) is 2.18. The van der Waals surface area contributed by atoms with Crippen LogP contribution in [0.1, 0.15) is 0 Å². The highest BCUT2D eigenvalue weighted by atomic mass is 19.1. The molecule has 1 N–H and O–H groups in total. The van der Waals surface area contributed by atoms with Crippen molar-refractivity contribution < 1.29 is 9.13 Å². The molecule has 4 aromatic rings. The first-order chi connectivity index (χ1) is 13.2. The van der Waals surface area contributed by atoms with Crippen molar-refractivity contribution in [3.8, 4) is 28.5 Å². The van der Waals surface area contributed by atoms with E-state index in [-0.39, 0.29) is 5.82 Å². The van der Waals surface area contributed by atoms with Gasteiger partial charge in [-0.05, 0) is 41.5 Å². The smallest absolute Gasteiger partial charge is 0.200 e. The number of ether oxygens (including phenoxy) is 1. The molecule has 6 nitrogen and oxygen atoms in total. The zero-order valence-corrected chi connectivity index (χ0v) is 14.8. The average Bonchev–Trinajstić information content (AvgIpc) is 2.72. The lowest BCUT2D eigenvalue weighted by molar-refractivity contribution is 0.419.